The zero-order valence-corrected chi connectivity index (χ0v) is 17.6. The highest BCUT2D eigenvalue weighted by molar-refractivity contribution is 6.30. The maximum absolute atomic E-state index is 12.5. The summed E-state index contributed by atoms with van der Waals surface area (Å²) in [6.07, 6.45) is 0.218. The highest BCUT2D eigenvalue weighted by Crippen LogP contribution is 2.34. The molecule has 1 fully saturated rings. The molecule has 0 saturated carbocycles. The molecule has 0 N–H and O–H groups in total. The number of nitro groups is 2. The Balaban J connectivity index is 1.60. The van der Waals surface area contributed by atoms with E-state index in [4.69, 9.17) is 16.3 Å². The van der Waals surface area contributed by atoms with Crippen LogP contribution in [0.1, 0.15) is 15.9 Å². The number of nitro benzene ring substituents is 2. The molecule has 3 rings (SSSR count). The summed E-state index contributed by atoms with van der Waals surface area (Å²) >= 11 is 5.89. The van der Waals surface area contributed by atoms with E-state index in [1.54, 1.807) is 4.90 Å². The van der Waals surface area contributed by atoms with Crippen molar-refractivity contribution in [1.82, 2.24) is 9.80 Å². The summed E-state index contributed by atoms with van der Waals surface area (Å²) in [5.41, 5.74) is -0.632. The SMILES string of the molecule is O=Cc1cc([N+](=O)[O-])cc([N+](=O)[O-])c1OCC(=O)N1CCN(Cc2ccc(Cl)cc2)CC1. The van der Waals surface area contributed by atoms with E-state index in [-0.39, 0.29) is 11.8 Å². The van der Waals surface area contributed by atoms with Gasteiger partial charge in [0.2, 0.25) is 5.75 Å². The summed E-state index contributed by atoms with van der Waals surface area (Å²) in [7, 11) is 0. The van der Waals surface area contributed by atoms with Gasteiger partial charge in [-0.05, 0) is 17.7 Å². The zero-order valence-electron chi connectivity index (χ0n) is 16.8. The molecule has 12 heteroatoms. The number of benzene rings is 2. The lowest BCUT2D eigenvalue weighted by molar-refractivity contribution is -0.394. The number of halogens is 1. The Bertz CT molecular complexity index is 1040. The van der Waals surface area contributed by atoms with Gasteiger partial charge in [0.1, 0.15) is 0 Å². The molecule has 0 spiro atoms. The first-order valence-corrected chi connectivity index (χ1v) is 9.95. The summed E-state index contributed by atoms with van der Waals surface area (Å²) in [6, 6.07) is 9.08. The minimum atomic E-state index is -0.894. The first-order valence-electron chi connectivity index (χ1n) is 9.58. The third kappa shape index (κ3) is 5.56. The van der Waals surface area contributed by atoms with Crippen LogP contribution < -0.4 is 4.74 Å². The number of ether oxygens (including phenoxy) is 1. The lowest BCUT2D eigenvalue weighted by Crippen LogP contribution is -2.49. The summed E-state index contributed by atoms with van der Waals surface area (Å²) in [6.45, 7) is 2.33. The molecule has 11 nitrogen and oxygen atoms in total. The number of hydrogen-bond acceptors (Lipinski definition) is 8. The molecule has 2 aromatic rings. The van der Waals surface area contributed by atoms with Crippen molar-refractivity contribution in [2.24, 2.45) is 0 Å². The van der Waals surface area contributed by atoms with E-state index in [0.29, 0.717) is 43.8 Å². The van der Waals surface area contributed by atoms with Gasteiger partial charge in [-0.3, -0.25) is 34.7 Å². The lowest BCUT2D eigenvalue weighted by atomic mass is 10.1. The summed E-state index contributed by atoms with van der Waals surface area (Å²) in [4.78, 5) is 48.1. The van der Waals surface area contributed by atoms with Gasteiger partial charge >= 0.3 is 5.69 Å². The molecule has 32 heavy (non-hydrogen) atoms. The molecule has 1 saturated heterocycles. The van der Waals surface area contributed by atoms with Crippen LogP contribution >= 0.6 is 11.6 Å². The first kappa shape index (κ1) is 23.1. The number of carbonyl (C=O) groups is 2. The van der Waals surface area contributed by atoms with E-state index >= 15 is 0 Å². The molecule has 0 radical (unpaired) electrons. The van der Waals surface area contributed by atoms with Gasteiger partial charge in [0.15, 0.2) is 12.9 Å². The van der Waals surface area contributed by atoms with Gasteiger partial charge in [-0.2, -0.15) is 0 Å². The van der Waals surface area contributed by atoms with Crippen molar-refractivity contribution in [2.75, 3.05) is 32.8 Å². The molecule has 2 aromatic carbocycles. The van der Waals surface area contributed by atoms with Gasteiger partial charge in [-0.1, -0.05) is 23.7 Å². The van der Waals surface area contributed by atoms with Crippen LogP contribution in [0, 0.1) is 20.2 Å². The Morgan fingerprint density at radius 1 is 1.06 bits per heavy atom. The van der Waals surface area contributed by atoms with Crippen molar-refractivity contribution >= 4 is 35.2 Å². The van der Waals surface area contributed by atoms with Crippen molar-refractivity contribution < 1.29 is 24.2 Å². The van der Waals surface area contributed by atoms with Gasteiger partial charge < -0.3 is 9.64 Å². The number of carbonyl (C=O) groups excluding carboxylic acids is 2. The zero-order chi connectivity index (χ0) is 23.3. The third-order valence-electron chi connectivity index (χ3n) is 5.00. The second-order valence-corrected chi connectivity index (χ2v) is 7.52. The van der Waals surface area contributed by atoms with Crippen molar-refractivity contribution in [3.05, 3.63) is 72.8 Å². The molecular formula is C20H19ClN4O7. The van der Waals surface area contributed by atoms with Gasteiger partial charge in [0, 0.05) is 43.8 Å². The van der Waals surface area contributed by atoms with E-state index in [0.717, 1.165) is 11.6 Å². The first-order chi connectivity index (χ1) is 15.3. The number of rotatable bonds is 8. The van der Waals surface area contributed by atoms with Crippen LogP contribution in [-0.2, 0) is 11.3 Å². The van der Waals surface area contributed by atoms with Gasteiger partial charge in [-0.15, -0.1) is 0 Å². The monoisotopic (exact) mass is 462 g/mol. The van der Waals surface area contributed by atoms with Gasteiger partial charge in [0.05, 0.1) is 21.5 Å². The maximum Gasteiger partial charge on any atom is 0.318 e. The standard InChI is InChI=1S/C20H19ClN4O7/c21-16-3-1-14(2-4-16)11-22-5-7-23(8-6-22)19(27)13-32-20-15(12-26)9-17(24(28)29)10-18(20)25(30)31/h1-4,9-10,12H,5-8,11,13H2. The molecule has 0 bridgehead atoms. The highest BCUT2D eigenvalue weighted by atomic mass is 35.5. The summed E-state index contributed by atoms with van der Waals surface area (Å²) in [5, 5.41) is 22.9. The summed E-state index contributed by atoms with van der Waals surface area (Å²) < 4.78 is 5.29. The van der Waals surface area contributed by atoms with Crippen LogP contribution in [0.2, 0.25) is 5.02 Å². The van der Waals surface area contributed by atoms with E-state index < -0.39 is 39.5 Å². The number of amides is 1. The predicted molar refractivity (Wildman–Crippen MR) is 114 cm³/mol. The Labute approximate surface area is 187 Å². The van der Waals surface area contributed by atoms with Crippen molar-refractivity contribution in [2.45, 2.75) is 6.54 Å². The molecule has 1 aliphatic rings. The fourth-order valence-corrected chi connectivity index (χ4v) is 3.46. The number of piperazine rings is 1. The van der Waals surface area contributed by atoms with E-state index in [9.17, 15) is 29.8 Å². The molecule has 1 heterocycles. The minimum Gasteiger partial charge on any atom is -0.476 e. The average molecular weight is 463 g/mol. The van der Waals surface area contributed by atoms with Crippen LogP contribution in [0.5, 0.6) is 5.75 Å². The number of nitrogens with zero attached hydrogens (tertiary/aromatic N) is 4. The van der Waals surface area contributed by atoms with Crippen molar-refractivity contribution in [3.8, 4) is 5.75 Å². The smallest absolute Gasteiger partial charge is 0.318 e. The van der Waals surface area contributed by atoms with Crippen LogP contribution in [0.15, 0.2) is 36.4 Å². The van der Waals surface area contributed by atoms with Gasteiger partial charge in [-0.25, -0.2) is 0 Å². The number of aldehydes is 1. The average Bonchev–Trinajstić information content (AvgIpc) is 2.78. The van der Waals surface area contributed by atoms with Crippen LogP contribution in [0.4, 0.5) is 11.4 Å². The Kier molecular flexibility index (Phi) is 7.33. The lowest BCUT2D eigenvalue weighted by Gasteiger charge is -2.34. The van der Waals surface area contributed by atoms with Crippen LogP contribution in [0.3, 0.4) is 0 Å². The topological polar surface area (TPSA) is 136 Å². The van der Waals surface area contributed by atoms with Crippen LogP contribution in [0.25, 0.3) is 0 Å². The van der Waals surface area contributed by atoms with Gasteiger partial charge in [0.25, 0.3) is 11.6 Å². The molecule has 0 atom stereocenters. The number of non-ortho nitro benzene ring substituents is 1. The molecular weight excluding hydrogens is 444 g/mol. The largest absolute Gasteiger partial charge is 0.476 e. The quantitative estimate of drug-likeness (QED) is 0.332. The van der Waals surface area contributed by atoms with Crippen molar-refractivity contribution in [3.63, 3.8) is 0 Å². The second kappa shape index (κ2) is 10.2. The second-order valence-electron chi connectivity index (χ2n) is 7.09. The molecule has 0 aliphatic carbocycles. The third-order valence-corrected chi connectivity index (χ3v) is 5.25. The van der Waals surface area contributed by atoms with Crippen LogP contribution in [-0.4, -0.2) is 64.6 Å². The van der Waals surface area contributed by atoms with E-state index in [1.165, 1.54) is 0 Å². The predicted octanol–water partition coefficient (Wildman–Crippen LogP) is 2.69. The summed E-state index contributed by atoms with van der Waals surface area (Å²) in [5.74, 6) is -0.869. The fourth-order valence-electron chi connectivity index (χ4n) is 3.33. The molecule has 1 amide bonds. The molecule has 168 valence electrons. The fraction of sp³-hybridized carbons (Fsp3) is 0.300. The Morgan fingerprint density at radius 2 is 1.72 bits per heavy atom. The number of hydrogen-bond donors (Lipinski definition) is 0. The Morgan fingerprint density at radius 3 is 2.28 bits per heavy atom. The maximum atomic E-state index is 12.5. The Hall–Kier alpha value is -3.57. The minimum absolute atomic E-state index is 0.218. The van der Waals surface area contributed by atoms with E-state index in [2.05, 4.69) is 4.90 Å². The molecule has 1 aliphatic heterocycles. The van der Waals surface area contributed by atoms with Crippen molar-refractivity contribution in [1.29, 1.82) is 0 Å². The molecule has 0 unspecified atom stereocenters. The normalized spacial score (nSPS) is 14.1. The molecule has 0 aromatic heterocycles. The highest BCUT2D eigenvalue weighted by Gasteiger charge is 2.27. The van der Waals surface area contributed by atoms with E-state index in [1.807, 2.05) is 24.3 Å².